The van der Waals surface area contributed by atoms with Crippen LogP contribution in [0.3, 0.4) is 0 Å². The van der Waals surface area contributed by atoms with Gasteiger partial charge >= 0.3 is 0 Å². The summed E-state index contributed by atoms with van der Waals surface area (Å²) in [6.45, 7) is 1.24. The van der Waals surface area contributed by atoms with Crippen molar-refractivity contribution in [1.82, 2.24) is 25.5 Å². The number of nitrogens with one attached hydrogen (secondary N) is 1. The monoisotopic (exact) mass is 259 g/mol. The summed E-state index contributed by atoms with van der Waals surface area (Å²) in [6.07, 6.45) is 2.32. The van der Waals surface area contributed by atoms with Crippen LogP contribution in [-0.2, 0) is 13.2 Å². The molecule has 0 saturated heterocycles. The molecule has 0 amide bonds. The number of tetrazole rings is 1. The average Bonchev–Trinajstić information content (AvgIpc) is 3.16. The van der Waals surface area contributed by atoms with Gasteiger partial charge in [0.25, 0.3) is 0 Å². The lowest BCUT2D eigenvalue weighted by atomic mass is 10.2. The highest BCUT2D eigenvalue weighted by Gasteiger charge is 2.27. The van der Waals surface area contributed by atoms with E-state index in [0.717, 1.165) is 31.0 Å². The van der Waals surface area contributed by atoms with Crippen molar-refractivity contribution < 1.29 is 4.74 Å². The summed E-state index contributed by atoms with van der Waals surface area (Å²) in [5.41, 5.74) is 1.20. The second-order valence-corrected chi connectivity index (χ2v) is 4.74. The lowest BCUT2D eigenvalue weighted by Crippen LogP contribution is -2.08. The second kappa shape index (κ2) is 5.36. The number of hydrogen-bond donors (Lipinski definition) is 1. The Hall–Kier alpha value is -1.95. The van der Waals surface area contributed by atoms with Gasteiger partial charge in [0.1, 0.15) is 12.4 Å². The fourth-order valence-electron chi connectivity index (χ4n) is 2.01. The van der Waals surface area contributed by atoms with Crippen LogP contribution in [0.25, 0.3) is 0 Å². The molecule has 6 heteroatoms. The van der Waals surface area contributed by atoms with Gasteiger partial charge in [-0.3, -0.25) is 0 Å². The van der Waals surface area contributed by atoms with Gasteiger partial charge in [-0.25, -0.2) is 4.68 Å². The van der Waals surface area contributed by atoms with E-state index in [9.17, 15) is 0 Å². The minimum absolute atomic E-state index is 0.409. The van der Waals surface area contributed by atoms with E-state index < -0.39 is 0 Å². The highest BCUT2D eigenvalue weighted by molar-refractivity contribution is 5.28. The number of rotatable bonds is 6. The Morgan fingerprint density at radius 2 is 2.32 bits per heavy atom. The number of ether oxygens (including phenoxy) is 1. The summed E-state index contributed by atoms with van der Waals surface area (Å²) in [6, 6.07) is 8.51. The summed E-state index contributed by atoms with van der Waals surface area (Å²) in [4.78, 5) is 0. The van der Waals surface area contributed by atoms with Gasteiger partial charge in [-0.1, -0.05) is 12.1 Å². The van der Waals surface area contributed by atoms with E-state index in [4.69, 9.17) is 4.74 Å². The largest absolute Gasteiger partial charge is 0.486 e. The zero-order chi connectivity index (χ0) is 13.1. The Morgan fingerprint density at radius 1 is 1.42 bits per heavy atom. The predicted molar refractivity (Wildman–Crippen MR) is 69.6 cm³/mol. The molecule has 1 saturated carbocycles. The van der Waals surface area contributed by atoms with Crippen molar-refractivity contribution in [3.05, 3.63) is 35.7 Å². The molecule has 0 spiro atoms. The molecule has 0 atom stereocenters. The molecule has 0 bridgehead atoms. The first-order valence-corrected chi connectivity index (χ1v) is 6.50. The Balaban J connectivity index is 1.65. The van der Waals surface area contributed by atoms with E-state index in [2.05, 4.69) is 26.9 Å². The van der Waals surface area contributed by atoms with Crippen LogP contribution in [0.5, 0.6) is 5.75 Å². The standard InChI is InChI=1S/C13H17N5O/c1-14-8-10-3-2-4-12(7-10)19-9-13-15-16-17-18(13)11-5-6-11/h2-4,7,11,14H,5-6,8-9H2,1H3. The maximum atomic E-state index is 5.76. The smallest absolute Gasteiger partial charge is 0.189 e. The third-order valence-electron chi connectivity index (χ3n) is 3.10. The summed E-state index contributed by atoms with van der Waals surface area (Å²) >= 11 is 0. The van der Waals surface area contributed by atoms with Gasteiger partial charge in [-0.2, -0.15) is 0 Å². The molecule has 0 radical (unpaired) electrons. The van der Waals surface area contributed by atoms with Crippen molar-refractivity contribution in [3.8, 4) is 5.75 Å². The SMILES string of the molecule is CNCc1cccc(OCc2nnnn2C2CC2)c1. The summed E-state index contributed by atoms with van der Waals surface area (Å²) in [5.74, 6) is 1.64. The number of benzene rings is 1. The molecular weight excluding hydrogens is 242 g/mol. The molecule has 1 fully saturated rings. The third-order valence-corrected chi connectivity index (χ3v) is 3.10. The Morgan fingerprint density at radius 3 is 3.11 bits per heavy atom. The van der Waals surface area contributed by atoms with Crippen molar-refractivity contribution in [1.29, 1.82) is 0 Å². The molecule has 2 aromatic rings. The van der Waals surface area contributed by atoms with Crippen LogP contribution in [-0.4, -0.2) is 27.3 Å². The van der Waals surface area contributed by atoms with Gasteiger partial charge in [0.05, 0.1) is 6.04 Å². The molecule has 0 aliphatic heterocycles. The fourth-order valence-corrected chi connectivity index (χ4v) is 2.01. The van der Waals surface area contributed by atoms with Gasteiger partial charge < -0.3 is 10.1 Å². The first-order valence-electron chi connectivity index (χ1n) is 6.50. The van der Waals surface area contributed by atoms with E-state index >= 15 is 0 Å². The minimum Gasteiger partial charge on any atom is -0.486 e. The van der Waals surface area contributed by atoms with E-state index in [1.54, 1.807) is 0 Å². The predicted octanol–water partition coefficient (Wildman–Crippen LogP) is 1.31. The van der Waals surface area contributed by atoms with Crippen molar-refractivity contribution in [2.75, 3.05) is 7.05 Å². The topological polar surface area (TPSA) is 64.9 Å². The average molecular weight is 259 g/mol. The fraction of sp³-hybridized carbons (Fsp3) is 0.462. The molecule has 0 unspecified atom stereocenters. The molecule has 1 aromatic carbocycles. The molecule has 1 heterocycles. The van der Waals surface area contributed by atoms with Crippen molar-refractivity contribution >= 4 is 0 Å². The maximum Gasteiger partial charge on any atom is 0.189 e. The van der Waals surface area contributed by atoms with Gasteiger partial charge in [-0.05, 0) is 48.0 Å². The zero-order valence-corrected chi connectivity index (χ0v) is 10.9. The van der Waals surface area contributed by atoms with E-state index in [1.807, 2.05) is 29.9 Å². The number of nitrogens with zero attached hydrogens (tertiary/aromatic N) is 4. The van der Waals surface area contributed by atoms with Gasteiger partial charge in [0, 0.05) is 6.54 Å². The normalized spacial score (nSPS) is 14.6. The molecule has 1 aliphatic rings. The quantitative estimate of drug-likeness (QED) is 0.847. The molecule has 19 heavy (non-hydrogen) atoms. The first kappa shape index (κ1) is 12.1. The van der Waals surface area contributed by atoms with Crippen molar-refractivity contribution in [2.24, 2.45) is 0 Å². The molecule has 1 aliphatic carbocycles. The van der Waals surface area contributed by atoms with E-state index in [-0.39, 0.29) is 0 Å². The van der Waals surface area contributed by atoms with Crippen LogP contribution >= 0.6 is 0 Å². The van der Waals surface area contributed by atoms with Gasteiger partial charge in [0.2, 0.25) is 0 Å². The van der Waals surface area contributed by atoms with E-state index in [1.165, 1.54) is 5.56 Å². The lowest BCUT2D eigenvalue weighted by Gasteiger charge is -2.08. The molecule has 3 rings (SSSR count). The summed E-state index contributed by atoms with van der Waals surface area (Å²) in [7, 11) is 1.93. The zero-order valence-electron chi connectivity index (χ0n) is 10.9. The highest BCUT2D eigenvalue weighted by atomic mass is 16.5. The van der Waals surface area contributed by atoms with Crippen molar-refractivity contribution in [3.63, 3.8) is 0 Å². The third kappa shape index (κ3) is 2.90. The number of hydrogen-bond acceptors (Lipinski definition) is 5. The first-order chi connectivity index (χ1) is 9.36. The molecule has 100 valence electrons. The maximum absolute atomic E-state index is 5.76. The highest BCUT2D eigenvalue weighted by Crippen LogP contribution is 2.34. The van der Waals surface area contributed by atoms with Crippen LogP contribution in [0, 0.1) is 0 Å². The Labute approximate surface area is 111 Å². The van der Waals surface area contributed by atoms with Crippen LogP contribution in [0.2, 0.25) is 0 Å². The Kier molecular flexibility index (Phi) is 3.41. The van der Waals surface area contributed by atoms with Crippen LogP contribution in [0.15, 0.2) is 24.3 Å². The van der Waals surface area contributed by atoms with Crippen LogP contribution in [0.4, 0.5) is 0 Å². The van der Waals surface area contributed by atoms with Gasteiger partial charge in [0.15, 0.2) is 5.82 Å². The van der Waals surface area contributed by atoms with Crippen LogP contribution < -0.4 is 10.1 Å². The molecule has 6 nitrogen and oxygen atoms in total. The molecular formula is C13H17N5O. The summed E-state index contributed by atoms with van der Waals surface area (Å²) < 4.78 is 7.64. The van der Waals surface area contributed by atoms with E-state index in [0.29, 0.717) is 12.6 Å². The molecule has 1 aromatic heterocycles. The Bertz CT molecular complexity index is 549. The molecule has 1 N–H and O–H groups in total. The van der Waals surface area contributed by atoms with Gasteiger partial charge in [-0.15, -0.1) is 5.10 Å². The number of aromatic nitrogens is 4. The summed E-state index contributed by atoms with van der Waals surface area (Å²) in [5, 5.41) is 14.9. The van der Waals surface area contributed by atoms with Crippen LogP contribution in [0.1, 0.15) is 30.3 Å². The lowest BCUT2D eigenvalue weighted by molar-refractivity contribution is 0.286. The second-order valence-electron chi connectivity index (χ2n) is 4.74. The minimum atomic E-state index is 0.409. The van der Waals surface area contributed by atoms with Crippen molar-refractivity contribution in [2.45, 2.75) is 32.0 Å².